The monoisotopic (exact) mass is 273 g/mol. The molecule has 18 heavy (non-hydrogen) atoms. The molecule has 1 saturated heterocycles. The fourth-order valence-electron chi connectivity index (χ4n) is 2.12. The van der Waals surface area contributed by atoms with Gasteiger partial charge in [0.25, 0.3) is 0 Å². The van der Waals surface area contributed by atoms with Crippen LogP contribution in [0.1, 0.15) is 28.8 Å². The number of hydrogen-bond donors (Lipinski definition) is 1. The van der Waals surface area contributed by atoms with Crippen LogP contribution < -0.4 is 0 Å². The minimum atomic E-state index is -0.908. The highest BCUT2D eigenvalue weighted by atomic mass is 35.5. The molecule has 2 rings (SSSR count). The molecule has 0 unspecified atom stereocenters. The molecule has 0 bridgehead atoms. The van der Waals surface area contributed by atoms with E-state index >= 15 is 0 Å². The molecular formula is C13H17ClFNO2. The van der Waals surface area contributed by atoms with E-state index in [4.69, 9.17) is 5.11 Å². The molecule has 0 atom stereocenters. The molecule has 1 heterocycles. The van der Waals surface area contributed by atoms with Gasteiger partial charge in [-0.3, -0.25) is 4.90 Å². The summed E-state index contributed by atoms with van der Waals surface area (Å²) in [5.41, 5.74) is 1.28. The van der Waals surface area contributed by atoms with Crippen LogP contribution in [0.3, 0.4) is 0 Å². The van der Waals surface area contributed by atoms with Gasteiger partial charge in [0, 0.05) is 19.6 Å². The molecule has 0 aliphatic carbocycles. The molecule has 0 aromatic heterocycles. The first kappa shape index (κ1) is 14.9. The van der Waals surface area contributed by atoms with Gasteiger partial charge in [0.1, 0.15) is 6.17 Å². The van der Waals surface area contributed by atoms with Crippen molar-refractivity contribution in [3.05, 3.63) is 35.4 Å². The topological polar surface area (TPSA) is 40.5 Å². The Kier molecular flexibility index (Phi) is 5.56. The molecule has 1 aliphatic heterocycles. The van der Waals surface area contributed by atoms with Crippen molar-refractivity contribution in [2.24, 2.45) is 0 Å². The number of halogens is 2. The van der Waals surface area contributed by atoms with Gasteiger partial charge in [-0.2, -0.15) is 0 Å². The smallest absolute Gasteiger partial charge is 0.335 e. The Morgan fingerprint density at radius 2 is 2.06 bits per heavy atom. The van der Waals surface area contributed by atoms with Gasteiger partial charge >= 0.3 is 5.97 Å². The van der Waals surface area contributed by atoms with Gasteiger partial charge in [0.15, 0.2) is 0 Å². The molecule has 3 nitrogen and oxygen atoms in total. The van der Waals surface area contributed by atoms with Crippen molar-refractivity contribution >= 4 is 18.4 Å². The summed E-state index contributed by atoms with van der Waals surface area (Å²) in [5.74, 6) is -0.908. The molecule has 0 saturated carbocycles. The number of hydrogen-bond acceptors (Lipinski definition) is 2. The maximum Gasteiger partial charge on any atom is 0.335 e. The highest BCUT2D eigenvalue weighted by Gasteiger charge is 2.18. The van der Waals surface area contributed by atoms with Crippen molar-refractivity contribution < 1.29 is 14.3 Å². The van der Waals surface area contributed by atoms with Crippen LogP contribution in [0.2, 0.25) is 0 Å². The second-order valence-corrected chi connectivity index (χ2v) is 4.46. The Morgan fingerprint density at radius 1 is 1.39 bits per heavy atom. The molecular weight excluding hydrogens is 257 g/mol. The SMILES string of the molecule is Cl.O=C(O)c1cccc(CN2CCC(F)CC2)c1. The molecule has 100 valence electrons. The van der Waals surface area contributed by atoms with Gasteiger partial charge in [-0.1, -0.05) is 12.1 Å². The highest BCUT2D eigenvalue weighted by molar-refractivity contribution is 5.87. The molecule has 1 aliphatic rings. The summed E-state index contributed by atoms with van der Waals surface area (Å²) in [7, 11) is 0. The number of rotatable bonds is 3. The largest absolute Gasteiger partial charge is 0.478 e. The van der Waals surface area contributed by atoms with Gasteiger partial charge in [0.2, 0.25) is 0 Å². The normalized spacial score (nSPS) is 17.2. The van der Waals surface area contributed by atoms with Gasteiger partial charge < -0.3 is 5.11 Å². The molecule has 1 aromatic carbocycles. The third-order valence-corrected chi connectivity index (χ3v) is 3.10. The van der Waals surface area contributed by atoms with Crippen LogP contribution >= 0.6 is 12.4 Å². The lowest BCUT2D eigenvalue weighted by Crippen LogP contribution is -2.33. The van der Waals surface area contributed by atoms with Crippen molar-refractivity contribution in [1.82, 2.24) is 4.90 Å². The first-order valence-corrected chi connectivity index (χ1v) is 5.84. The van der Waals surface area contributed by atoms with Crippen LogP contribution in [0, 0.1) is 0 Å². The molecule has 0 spiro atoms. The number of carboxylic acid groups (broad SMARTS) is 1. The van der Waals surface area contributed by atoms with Crippen LogP contribution in [0.5, 0.6) is 0 Å². The molecule has 0 radical (unpaired) electrons. The van der Waals surface area contributed by atoms with Crippen molar-refractivity contribution in [1.29, 1.82) is 0 Å². The number of aromatic carboxylic acids is 1. The Labute approximate surface area is 112 Å². The molecule has 5 heteroatoms. The van der Waals surface area contributed by atoms with Crippen molar-refractivity contribution in [2.75, 3.05) is 13.1 Å². The van der Waals surface area contributed by atoms with E-state index in [2.05, 4.69) is 4.90 Å². The van der Waals surface area contributed by atoms with Crippen molar-refractivity contribution in [3.63, 3.8) is 0 Å². The molecule has 1 N–H and O–H groups in total. The Bertz CT molecular complexity index is 406. The molecule has 1 aromatic rings. The number of piperidine rings is 1. The number of carboxylic acids is 1. The lowest BCUT2D eigenvalue weighted by molar-refractivity contribution is 0.0696. The third-order valence-electron chi connectivity index (χ3n) is 3.10. The van der Waals surface area contributed by atoms with E-state index in [1.807, 2.05) is 6.07 Å². The quantitative estimate of drug-likeness (QED) is 0.921. The van der Waals surface area contributed by atoms with Crippen LogP contribution in [0.15, 0.2) is 24.3 Å². The number of benzene rings is 1. The fourth-order valence-corrected chi connectivity index (χ4v) is 2.12. The van der Waals surface area contributed by atoms with E-state index in [0.29, 0.717) is 24.9 Å². The van der Waals surface area contributed by atoms with E-state index in [9.17, 15) is 9.18 Å². The second kappa shape index (κ2) is 6.71. The minimum absolute atomic E-state index is 0. The van der Waals surface area contributed by atoms with E-state index in [1.165, 1.54) is 0 Å². The van der Waals surface area contributed by atoms with Gasteiger partial charge in [-0.15, -0.1) is 12.4 Å². The predicted molar refractivity (Wildman–Crippen MR) is 70.1 cm³/mol. The maximum absolute atomic E-state index is 13.0. The van der Waals surface area contributed by atoms with E-state index in [0.717, 1.165) is 18.7 Å². The number of carbonyl (C=O) groups is 1. The number of nitrogens with zero attached hydrogens (tertiary/aromatic N) is 1. The van der Waals surface area contributed by atoms with Crippen LogP contribution in [-0.2, 0) is 6.54 Å². The van der Waals surface area contributed by atoms with Gasteiger partial charge in [0.05, 0.1) is 5.56 Å². The maximum atomic E-state index is 13.0. The zero-order chi connectivity index (χ0) is 12.3. The average molecular weight is 274 g/mol. The van der Waals surface area contributed by atoms with Gasteiger partial charge in [-0.05, 0) is 30.5 Å². The standard InChI is InChI=1S/C13H16FNO2.ClH/c14-12-4-6-15(7-5-12)9-10-2-1-3-11(8-10)13(16)17;/h1-3,8,12H,4-7,9H2,(H,16,17);1H. The zero-order valence-electron chi connectivity index (χ0n) is 10.0. The van der Waals surface area contributed by atoms with E-state index in [-0.39, 0.29) is 12.4 Å². The van der Waals surface area contributed by atoms with Crippen LogP contribution in [0.4, 0.5) is 4.39 Å². The second-order valence-electron chi connectivity index (χ2n) is 4.46. The highest BCUT2D eigenvalue weighted by Crippen LogP contribution is 2.16. The van der Waals surface area contributed by atoms with Gasteiger partial charge in [-0.25, -0.2) is 9.18 Å². The van der Waals surface area contributed by atoms with Crippen LogP contribution in [0.25, 0.3) is 0 Å². The van der Waals surface area contributed by atoms with Crippen LogP contribution in [-0.4, -0.2) is 35.2 Å². The van der Waals surface area contributed by atoms with E-state index in [1.54, 1.807) is 18.2 Å². The lowest BCUT2D eigenvalue weighted by Gasteiger charge is -2.28. The van der Waals surface area contributed by atoms with Crippen molar-refractivity contribution in [2.45, 2.75) is 25.6 Å². The predicted octanol–water partition coefficient (Wildman–Crippen LogP) is 2.74. The summed E-state index contributed by atoms with van der Waals surface area (Å²) in [4.78, 5) is 13.0. The summed E-state index contributed by atoms with van der Waals surface area (Å²) >= 11 is 0. The first-order chi connectivity index (χ1) is 8.15. The summed E-state index contributed by atoms with van der Waals surface area (Å²) in [5, 5.41) is 8.89. The average Bonchev–Trinajstić information content (AvgIpc) is 2.32. The van der Waals surface area contributed by atoms with E-state index < -0.39 is 12.1 Å². The summed E-state index contributed by atoms with van der Waals surface area (Å²) in [6, 6.07) is 6.93. The number of alkyl halides is 1. The summed E-state index contributed by atoms with van der Waals surface area (Å²) in [6.07, 6.45) is 0.494. The number of likely N-dealkylation sites (tertiary alicyclic amines) is 1. The zero-order valence-corrected chi connectivity index (χ0v) is 10.8. The molecule has 1 fully saturated rings. The fraction of sp³-hybridized carbons (Fsp3) is 0.462. The lowest BCUT2D eigenvalue weighted by atomic mass is 10.1. The molecule has 0 amide bonds. The minimum Gasteiger partial charge on any atom is -0.478 e. The first-order valence-electron chi connectivity index (χ1n) is 5.84. The Morgan fingerprint density at radius 3 is 2.67 bits per heavy atom. The Balaban J connectivity index is 0.00000162. The summed E-state index contributed by atoms with van der Waals surface area (Å²) in [6.45, 7) is 2.20. The Hall–Kier alpha value is -1.13. The van der Waals surface area contributed by atoms with Crippen molar-refractivity contribution in [3.8, 4) is 0 Å². The summed E-state index contributed by atoms with van der Waals surface area (Å²) < 4.78 is 13.0. The third kappa shape index (κ3) is 3.96.